The summed E-state index contributed by atoms with van der Waals surface area (Å²) in [4.78, 5) is 39.8. The lowest BCUT2D eigenvalue weighted by Crippen LogP contribution is -2.34. The minimum atomic E-state index is -1.28. The normalized spacial score (nSPS) is 12.1. The number of carbonyl (C=O) groups is 1. The molecule has 2 heterocycles. The number of hydrogen-bond acceptors (Lipinski definition) is 6. The van der Waals surface area contributed by atoms with Gasteiger partial charge in [0.15, 0.2) is 0 Å². The summed E-state index contributed by atoms with van der Waals surface area (Å²) in [6, 6.07) is 13.4. The van der Waals surface area contributed by atoms with Crippen molar-refractivity contribution in [1.82, 2.24) is 9.55 Å². The van der Waals surface area contributed by atoms with E-state index in [4.69, 9.17) is 16.3 Å². The van der Waals surface area contributed by atoms with E-state index < -0.39 is 23.3 Å². The highest BCUT2D eigenvalue weighted by Crippen LogP contribution is 2.28. The molecule has 0 aliphatic rings. The van der Waals surface area contributed by atoms with Crippen LogP contribution in [0.25, 0.3) is 15.9 Å². The molecule has 1 unspecified atom stereocenters. The number of aliphatic hydroxyl groups excluding tert-OH is 1. The molecule has 1 atom stereocenters. The van der Waals surface area contributed by atoms with Crippen LogP contribution in [0.5, 0.6) is 5.75 Å². The average Bonchev–Trinajstić information content (AvgIpc) is 3.19. The molecule has 4 rings (SSSR count). The number of carboxylic acids is 1. The first-order chi connectivity index (χ1) is 14.9. The summed E-state index contributed by atoms with van der Waals surface area (Å²) in [5.74, 6) is -1.02. The van der Waals surface area contributed by atoms with Gasteiger partial charge in [-0.25, -0.2) is 14.2 Å². The van der Waals surface area contributed by atoms with Gasteiger partial charge in [0, 0.05) is 11.4 Å². The summed E-state index contributed by atoms with van der Waals surface area (Å²) in [6.45, 7) is -0.300. The Morgan fingerprint density at radius 3 is 2.61 bits per heavy atom. The maximum atomic E-state index is 13.0. The second-order valence-electron chi connectivity index (χ2n) is 6.54. The molecule has 0 radical (unpaired) electrons. The molecule has 0 amide bonds. The highest BCUT2D eigenvalue weighted by Gasteiger charge is 2.20. The standard InChI is InChI=1S/C21H15ClN2O6S/c22-14-7-6-12(30-16(9-25)11-4-2-1-3-5-11)8-15(14)24-19(26)17-13(20(27)28)10-31-18(17)23-21(24)29/h1-8,10,16,25H,9H2,(H,23,29)(H,27,28). The van der Waals surface area contributed by atoms with Crippen LogP contribution < -0.4 is 16.0 Å². The van der Waals surface area contributed by atoms with Crippen LogP contribution in [0.4, 0.5) is 0 Å². The Bertz CT molecular complexity index is 1390. The third-order valence-electron chi connectivity index (χ3n) is 4.64. The maximum Gasteiger partial charge on any atom is 0.337 e. The zero-order valence-corrected chi connectivity index (χ0v) is 17.3. The van der Waals surface area contributed by atoms with Gasteiger partial charge in [-0.3, -0.25) is 9.78 Å². The zero-order valence-electron chi connectivity index (χ0n) is 15.7. The van der Waals surface area contributed by atoms with Gasteiger partial charge in [0.05, 0.1) is 28.3 Å². The van der Waals surface area contributed by atoms with Gasteiger partial charge < -0.3 is 14.9 Å². The van der Waals surface area contributed by atoms with Crippen molar-refractivity contribution >= 4 is 39.1 Å². The summed E-state index contributed by atoms with van der Waals surface area (Å²) in [5.41, 5.74) is -1.01. The van der Waals surface area contributed by atoms with Crippen molar-refractivity contribution in [2.45, 2.75) is 6.10 Å². The molecule has 0 aliphatic heterocycles. The molecule has 4 aromatic rings. The number of benzene rings is 2. The van der Waals surface area contributed by atoms with E-state index in [9.17, 15) is 24.6 Å². The number of ether oxygens (including phenoxy) is 1. The zero-order chi connectivity index (χ0) is 22.1. The first-order valence-corrected chi connectivity index (χ1v) is 10.3. The van der Waals surface area contributed by atoms with Crippen LogP contribution >= 0.6 is 22.9 Å². The lowest BCUT2D eigenvalue weighted by Gasteiger charge is -2.18. The van der Waals surface area contributed by atoms with Crippen LogP contribution in [0.3, 0.4) is 0 Å². The van der Waals surface area contributed by atoms with Crippen LogP contribution in [-0.2, 0) is 0 Å². The monoisotopic (exact) mass is 458 g/mol. The summed E-state index contributed by atoms with van der Waals surface area (Å²) in [7, 11) is 0. The molecule has 8 nitrogen and oxygen atoms in total. The van der Waals surface area contributed by atoms with E-state index >= 15 is 0 Å². The van der Waals surface area contributed by atoms with Crippen LogP contribution in [0.1, 0.15) is 22.0 Å². The number of rotatable bonds is 6. The van der Waals surface area contributed by atoms with Crippen molar-refractivity contribution in [3.8, 4) is 11.4 Å². The predicted octanol–water partition coefficient (Wildman–Crippen LogP) is 3.20. The Morgan fingerprint density at radius 1 is 1.19 bits per heavy atom. The molecule has 0 fully saturated rings. The first-order valence-electron chi connectivity index (χ1n) is 9.03. The van der Waals surface area contributed by atoms with Crippen molar-refractivity contribution in [2.75, 3.05) is 6.61 Å². The van der Waals surface area contributed by atoms with Crippen molar-refractivity contribution in [3.63, 3.8) is 0 Å². The lowest BCUT2D eigenvalue weighted by molar-refractivity contribution is 0.0699. The number of fused-ring (bicyclic) bond motifs is 1. The number of H-pyrrole nitrogens is 1. The van der Waals surface area contributed by atoms with Gasteiger partial charge in [-0.1, -0.05) is 41.9 Å². The molecule has 0 saturated carbocycles. The van der Waals surface area contributed by atoms with Gasteiger partial charge in [0.1, 0.15) is 16.7 Å². The van der Waals surface area contributed by atoms with Gasteiger partial charge in [-0.2, -0.15) is 0 Å². The topological polar surface area (TPSA) is 122 Å². The minimum absolute atomic E-state index is 0.0274. The van der Waals surface area contributed by atoms with E-state index in [0.717, 1.165) is 21.5 Å². The smallest absolute Gasteiger partial charge is 0.337 e. The van der Waals surface area contributed by atoms with E-state index in [0.29, 0.717) is 0 Å². The van der Waals surface area contributed by atoms with Gasteiger partial charge in [0.25, 0.3) is 5.56 Å². The molecular weight excluding hydrogens is 444 g/mol. The van der Waals surface area contributed by atoms with Gasteiger partial charge >= 0.3 is 11.7 Å². The Balaban J connectivity index is 1.83. The summed E-state index contributed by atoms with van der Waals surface area (Å²) >= 11 is 7.21. The number of hydrogen-bond donors (Lipinski definition) is 3. The first kappa shape index (κ1) is 20.9. The molecular formula is C21H15ClN2O6S. The Kier molecular flexibility index (Phi) is 5.64. The molecule has 158 valence electrons. The Hall–Kier alpha value is -3.40. The van der Waals surface area contributed by atoms with Crippen LogP contribution in [-0.4, -0.2) is 32.3 Å². The molecule has 0 saturated heterocycles. The lowest BCUT2D eigenvalue weighted by atomic mass is 10.1. The SMILES string of the molecule is O=C(O)c1csc2[nH]c(=O)n(-c3cc(OC(CO)c4ccccc4)ccc3Cl)c(=O)c12. The summed E-state index contributed by atoms with van der Waals surface area (Å²) < 4.78 is 6.62. The Morgan fingerprint density at radius 2 is 1.94 bits per heavy atom. The highest BCUT2D eigenvalue weighted by atomic mass is 35.5. The number of halogens is 1. The largest absolute Gasteiger partial charge is 0.483 e. The molecule has 2 aromatic heterocycles. The van der Waals surface area contributed by atoms with Gasteiger partial charge in [-0.05, 0) is 17.7 Å². The third kappa shape index (κ3) is 3.86. The minimum Gasteiger partial charge on any atom is -0.483 e. The second-order valence-corrected chi connectivity index (χ2v) is 7.83. The van der Waals surface area contributed by atoms with Gasteiger partial charge in [0.2, 0.25) is 0 Å². The highest BCUT2D eigenvalue weighted by molar-refractivity contribution is 7.17. The third-order valence-corrected chi connectivity index (χ3v) is 5.85. The summed E-state index contributed by atoms with van der Waals surface area (Å²) in [6.07, 6.45) is -0.678. The maximum absolute atomic E-state index is 13.0. The van der Waals surface area contributed by atoms with E-state index in [1.54, 1.807) is 18.2 Å². The Labute approximate surface area is 183 Å². The number of aromatic nitrogens is 2. The molecule has 0 spiro atoms. The number of aromatic amines is 1. The van der Waals surface area contributed by atoms with E-state index in [-0.39, 0.29) is 38.8 Å². The van der Waals surface area contributed by atoms with E-state index in [2.05, 4.69) is 4.98 Å². The van der Waals surface area contributed by atoms with Crippen LogP contribution in [0.15, 0.2) is 63.5 Å². The molecule has 3 N–H and O–H groups in total. The molecule has 10 heteroatoms. The number of nitrogens with zero attached hydrogens (tertiary/aromatic N) is 1. The average molecular weight is 459 g/mol. The van der Waals surface area contributed by atoms with Gasteiger partial charge in [-0.15, -0.1) is 11.3 Å². The fourth-order valence-electron chi connectivity index (χ4n) is 3.18. The number of thiophene rings is 1. The fraction of sp³-hybridized carbons (Fsp3) is 0.0952. The molecule has 31 heavy (non-hydrogen) atoms. The predicted molar refractivity (Wildman–Crippen MR) is 117 cm³/mol. The van der Waals surface area contributed by atoms with Crippen molar-refractivity contribution in [1.29, 1.82) is 0 Å². The number of aliphatic hydroxyl groups is 1. The number of aromatic carboxylic acids is 1. The van der Waals surface area contributed by atoms with E-state index in [1.807, 2.05) is 18.2 Å². The van der Waals surface area contributed by atoms with Crippen LogP contribution in [0, 0.1) is 0 Å². The molecule has 0 aliphatic carbocycles. The van der Waals surface area contributed by atoms with Crippen molar-refractivity contribution in [2.24, 2.45) is 0 Å². The van der Waals surface area contributed by atoms with Crippen molar-refractivity contribution in [3.05, 3.63) is 90.9 Å². The van der Waals surface area contributed by atoms with Crippen molar-refractivity contribution < 1.29 is 19.7 Å². The summed E-state index contributed by atoms with van der Waals surface area (Å²) in [5, 5.41) is 20.4. The second kappa shape index (κ2) is 8.38. The fourth-order valence-corrected chi connectivity index (χ4v) is 4.29. The molecule has 2 aromatic carbocycles. The molecule has 0 bridgehead atoms. The number of carboxylic acid groups (broad SMARTS) is 1. The van der Waals surface area contributed by atoms with E-state index in [1.165, 1.54) is 17.5 Å². The quantitative estimate of drug-likeness (QED) is 0.408. The number of nitrogens with one attached hydrogen (secondary N) is 1. The van der Waals surface area contributed by atoms with Crippen LogP contribution in [0.2, 0.25) is 5.02 Å².